The molecule has 1 unspecified atom stereocenters. The largest absolute Gasteiger partial charge is 0.320 e. The number of thiophene rings is 1. The van der Waals surface area contributed by atoms with Crippen LogP contribution in [0.3, 0.4) is 0 Å². The van der Waals surface area contributed by atoms with Crippen LogP contribution < -0.4 is 5.73 Å². The molecule has 0 saturated heterocycles. The van der Waals surface area contributed by atoms with Crippen molar-refractivity contribution in [1.29, 1.82) is 0 Å². The third-order valence-electron chi connectivity index (χ3n) is 3.55. The molecule has 0 amide bonds. The molecule has 0 saturated carbocycles. The maximum Gasteiger partial charge on any atom is 0.0705 e. The van der Waals surface area contributed by atoms with Gasteiger partial charge in [0, 0.05) is 20.8 Å². The summed E-state index contributed by atoms with van der Waals surface area (Å²) in [7, 11) is 0. The Bertz CT molecular complexity index is 746. The Balaban J connectivity index is 1.98. The van der Waals surface area contributed by atoms with Gasteiger partial charge in [0.25, 0.3) is 0 Å². The Kier molecular flexibility index (Phi) is 3.55. The van der Waals surface area contributed by atoms with Crippen molar-refractivity contribution in [3.05, 3.63) is 63.5 Å². The zero-order valence-electron chi connectivity index (χ0n) is 11.8. The second kappa shape index (κ2) is 5.35. The molecule has 0 aliphatic heterocycles. The highest BCUT2D eigenvalue weighted by molar-refractivity contribution is 7.12. The van der Waals surface area contributed by atoms with Gasteiger partial charge in [-0.3, -0.25) is 4.98 Å². The van der Waals surface area contributed by atoms with Crippen LogP contribution >= 0.6 is 11.3 Å². The van der Waals surface area contributed by atoms with E-state index in [1.54, 1.807) is 11.3 Å². The highest BCUT2D eigenvalue weighted by Gasteiger charge is 2.12. The van der Waals surface area contributed by atoms with Crippen LogP contribution in [-0.4, -0.2) is 4.98 Å². The molecule has 3 aromatic rings. The average Bonchev–Trinajstić information content (AvgIpc) is 2.95. The van der Waals surface area contributed by atoms with Crippen molar-refractivity contribution >= 4 is 22.2 Å². The molecular formula is C17H18N2S. The smallest absolute Gasteiger partial charge is 0.0705 e. The fourth-order valence-corrected chi connectivity index (χ4v) is 3.34. The third-order valence-corrected chi connectivity index (χ3v) is 4.86. The fourth-order valence-electron chi connectivity index (χ4n) is 2.36. The molecule has 1 atom stereocenters. The molecule has 20 heavy (non-hydrogen) atoms. The van der Waals surface area contributed by atoms with E-state index in [2.05, 4.69) is 48.3 Å². The zero-order chi connectivity index (χ0) is 14.1. The molecule has 2 aromatic heterocycles. The maximum atomic E-state index is 6.40. The van der Waals surface area contributed by atoms with Crippen LogP contribution in [-0.2, 0) is 6.42 Å². The highest BCUT2D eigenvalue weighted by Crippen LogP contribution is 2.28. The van der Waals surface area contributed by atoms with Crippen molar-refractivity contribution in [2.45, 2.75) is 26.3 Å². The Morgan fingerprint density at radius 1 is 1.15 bits per heavy atom. The van der Waals surface area contributed by atoms with E-state index >= 15 is 0 Å². The molecule has 1 aromatic carbocycles. The van der Waals surface area contributed by atoms with Gasteiger partial charge in [-0.15, -0.1) is 11.3 Å². The number of hydrogen-bond acceptors (Lipinski definition) is 3. The monoisotopic (exact) mass is 282 g/mol. The minimum Gasteiger partial charge on any atom is -0.320 e. The molecule has 0 aliphatic carbocycles. The second-order valence-corrected chi connectivity index (χ2v) is 6.24. The molecule has 102 valence electrons. The third kappa shape index (κ3) is 2.47. The van der Waals surface area contributed by atoms with Crippen LogP contribution in [0.5, 0.6) is 0 Å². The lowest BCUT2D eigenvalue weighted by Gasteiger charge is -2.11. The molecule has 0 aliphatic rings. The molecule has 0 spiro atoms. The van der Waals surface area contributed by atoms with Gasteiger partial charge in [-0.1, -0.05) is 19.1 Å². The summed E-state index contributed by atoms with van der Waals surface area (Å²) in [6.45, 7) is 4.18. The van der Waals surface area contributed by atoms with E-state index in [0.29, 0.717) is 0 Å². The molecule has 0 fully saturated rings. The van der Waals surface area contributed by atoms with E-state index < -0.39 is 0 Å². The molecule has 0 bridgehead atoms. The van der Waals surface area contributed by atoms with Crippen molar-refractivity contribution in [3.8, 4) is 0 Å². The summed E-state index contributed by atoms with van der Waals surface area (Å²) < 4.78 is 0. The molecular weight excluding hydrogens is 264 g/mol. The number of pyridine rings is 1. The standard InChI is InChI=1S/C17H18N2S/c1-3-14-7-9-16(20-14)17(18)13-6-8-15-12(10-13)5-4-11(2)19-15/h4-10,17H,3,18H2,1-2H3. The van der Waals surface area contributed by atoms with Gasteiger partial charge in [0.2, 0.25) is 0 Å². The highest BCUT2D eigenvalue weighted by atomic mass is 32.1. The number of rotatable bonds is 3. The first-order valence-electron chi connectivity index (χ1n) is 6.89. The minimum atomic E-state index is -0.0500. The second-order valence-electron chi connectivity index (χ2n) is 5.04. The molecule has 3 heteroatoms. The van der Waals surface area contributed by atoms with Crippen LogP contribution in [0.2, 0.25) is 0 Å². The Hall–Kier alpha value is -1.71. The van der Waals surface area contributed by atoms with Crippen LogP contribution in [0.4, 0.5) is 0 Å². The van der Waals surface area contributed by atoms with Crippen molar-refractivity contribution in [2.24, 2.45) is 5.73 Å². The number of nitrogens with zero attached hydrogens (tertiary/aromatic N) is 1. The molecule has 2 nitrogen and oxygen atoms in total. The van der Waals surface area contributed by atoms with Gasteiger partial charge in [0.15, 0.2) is 0 Å². The van der Waals surface area contributed by atoms with Gasteiger partial charge in [0.05, 0.1) is 11.6 Å². The van der Waals surface area contributed by atoms with Crippen LogP contribution in [0.1, 0.15) is 34.0 Å². The first-order chi connectivity index (χ1) is 9.67. The SMILES string of the molecule is CCc1ccc(C(N)c2ccc3nc(C)ccc3c2)s1. The lowest BCUT2D eigenvalue weighted by Crippen LogP contribution is -2.10. The topological polar surface area (TPSA) is 38.9 Å². The van der Waals surface area contributed by atoms with Gasteiger partial charge >= 0.3 is 0 Å². The van der Waals surface area contributed by atoms with Crippen LogP contribution in [0, 0.1) is 6.92 Å². The molecule has 0 radical (unpaired) electrons. The fraction of sp³-hybridized carbons (Fsp3) is 0.235. The normalized spacial score (nSPS) is 12.8. The maximum absolute atomic E-state index is 6.40. The average molecular weight is 282 g/mol. The Labute approximate surface area is 123 Å². The van der Waals surface area contributed by atoms with Crippen LogP contribution in [0.15, 0.2) is 42.5 Å². The predicted octanol–water partition coefficient (Wildman–Crippen LogP) is 4.22. The van der Waals surface area contributed by atoms with E-state index in [-0.39, 0.29) is 6.04 Å². The van der Waals surface area contributed by atoms with Crippen molar-refractivity contribution in [1.82, 2.24) is 4.98 Å². The van der Waals surface area contributed by atoms with E-state index in [0.717, 1.165) is 28.6 Å². The van der Waals surface area contributed by atoms with Crippen molar-refractivity contribution in [2.75, 3.05) is 0 Å². The lowest BCUT2D eigenvalue weighted by atomic mass is 10.0. The van der Waals surface area contributed by atoms with Crippen LogP contribution in [0.25, 0.3) is 10.9 Å². The Morgan fingerprint density at radius 2 is 2.00 bits per heavy atom. The number of hydrogen-bond donors (Lipinski definition) is 1. The van der Waals surface area contributed by atoms with Gasteiger partial charge in [-0.2, -0.15) is 0 Å². The number of fused-ring (bicyclic) bond motifs is 1. The minimum absolute atomic E-state index is 0.0500. The summed E-state index contributed by atoms with van der Waals surface area (Å²) in [6, 6.07) is 14.7. The van der Waals surface area contributed by atoms with Gasteiger partial charge in [-0.05, 0) is 49.2 Å². The number of benzene rings is 1. The van der Waals surface area contributed by atoms with Gasteiger partial charge in [0.1, 0.15) is 0 Å². The van der Waals surface area contributed by atoms with E-state index in [4.69, 9.17) is 5.73 Å². The van der Waals surface area contributed by atoms with E-state index in [9.17, 15) is 0 Å². The molecule has 2 heterocycles. The summed E-state index contributed by atoms with van der Waals surface area (Å²) >= 11 is 1.80. The number of aromatic nitrogens is 1. The van der Waals surface area contributed by atoms with E-state index in [1.807, 2.05) is 13.0 Å². The number of aryl methyl sites for hydroxylation is 2. The van der Waals surface area contributed by atoms with Crippen molar-refractivity contribution < 1.29 is 0 Å². The van der Waals surface area contributed by atoms with Gasteiger partial charge < -0.3 is 5.73 Å². The first kappa shape index (κ1) is 13.3. The summed E-state index contributed by atoms with van der Waals surface area (Å²) in [5, 5.41) is 1.15. The summed E-state index contributed by atoms with van der Waals surface area (Å²) in [4.78, 5) is 7.13. The molecule has 3 rings (SSSR count). The molecule has 2 N–H and O–H groups in total. The number of nitrogens with two attached hydrogens (primary N) is 1. The summed E-state index contributed by atoms with van der Waals surface area (Å²) in [5.41, 5.74) is 9.61. The zero-order valence-corrected chi connectivity index (χ0v) is 12.6. The van der Waals surface area contributed by atoms with Gasteiger partial charge in [-0.25, -0.2) is 0 Å². The first-order valence-corrected chi connectivity index (χ1v) is 7.70. The summed E-state index contributed by atoms with van der Waals surface area (Å²) in [5.74, 6) is 0. The summed E-state index contributed by atoms with van der Waals surface area (Å²) in [6.07, 6.45) is 1.07. The van der Waals surface area contributed by atoms with Crippen molar-refractivity contribution in [3.63, 3.8) is 0 Å². The Morgan fingerprint density at radius 3 is 2.75 bits per heavy atom. The quantitative estimate of drug-likeness (QED) is 0.781. The predicted molar refractivity (Wildman–Crippen MR) is 86.2 cm³/mol. The van der Waals surface area contributed by atoms with E-state index in [1.165, 1.54) is 9.75 Å². The lowest BCUT2D eigenvalue weighted by molar-refractivity contribution is 0.895.